The molecular weight excluding hydrogens is 264 g/mol. The van der Waals surface area contributed by atoms with Crippen LogP contribution in [0, 0.1) is 5.92 Å². The van der Waals surface area contributed by atoms with Crippen molar-refractivity contribution < 1.29 is 9.53 Å². The molecule has 0 aliphatic carbocycles. The maximum absolute atomic E-state index is 12.1. The first-order valence-electron chi connectivity index (χ1n) is 7.89. The van der Waals surface area contributed by atoms with Crippen LogP contribution < -0.4 is 10.6 Å². The van der Waals surface area contributed by atoms with Crippen molar-refractivity contribution in [3.05, 3.63) is 29.3 Å². The second kappa shape index (κ2) is 8.03. The van der Waals surface area contributed by atoms with E-state index in [0.717, 1.165) is 43.7 Å². The van der Waals surface area contributed by atoms with E-state index in [9.17, 15) is 4.79 Å². The molecule has 0 aromatic heterocycles. The Bertz CT molecular complexity index is 472. The molecular formula is C17H26N2O2. The summed E-state index contributed by atoms with van der Waals surface area (Å²) in [5, 5.41) is 6.26. The third-order valence-electron chi connectivity index (χ3n) is 3.68. The third-order valence-corrected chi connectivity index (χ3v) is 3.68. The van der Waals surface area contributed by atoms with Crippen molar-refractivity contribution in [2.24, 2.45) is 5.92 Å². The highest BCUT2D eigenvalue weighted by Crippen LogP contribution is 2.22. The van der Waals surface area contributed by atoms with E-state index in [1.807, 2.05) is 18.2 Å². The molecule has 1 aliphatic heterocycles. The first kappa shape index (κ1) is 15.8. The number of rotatable bonds is 7. The van der Waals surface area contributed by atoms with Gasteiger partial charge in [0.25, 0.3) is 5.91 Å². The van der Waals surface area contributed by atoms with Gasteiger partial charge in [-0.15, -0.1) is 0 Å². The SMILES string of the molecule is CC(C)CCOCCNC(=O)c1ccc2c(c1)CCCN2. The zero-order valence-corrected chi connectivity index (χ0v) is 13.1. The van der Waals surface area contributed by atoms with Crippen molar-refractivity contribution in [3.63, 3.8) is 0 Å². The number of anilines is 1. The molecule has 0 fully saturated rings. The topological polar surface area (TPSA) is 50.4 Å². The van der Waals surface area contributed by atoms with E-state index in [2.05, 4.69) is 24.5 Å². The third kappa shape index (κ3) is 5.05. The first-order valence-corrected chi connectivity index (χ1v) is 7.89. The van der Waals surface area contributed by atoms with Gasteiger partial charge < -0.3 is 15.4 Å². The van der Waals surface area contributed by atoms with Gasteiger partial charge in [0.15, 0.2) is 0 Å². The smallest absolute Gasteiger partial charge is 0.251 e. The van der Waals surface area contributed by atoms with Gasteiger partial charge in [0, 0.05) is 30.9 Å². The summed E-state index contributed by atoms with van der Waals surface area (Å²) in [4.78, 5) is 12.1. The molecule has 4 nitrogen and oxygen atoms in total. The number of carbonyl (C=O) groups is 1. The van der Waals surface area contributed by atoms with Crippen LogP contribution in [0.3, 0.4) is 0 Å². The molecule has 0 saturated heterocycles. The number of hydrogen-bond donors (Lipinski definition) is 2. The highest BCUT2D eigenvalue weighted by molar-refractivity contribution is 5.94. The summed E-state index contributed by atoms with van der Waals surface area (Å²) < 4.78 is 5.50. The van der Waals surface area contributed by atoms with Crippen LogP contribution in [-0.2, 0) is 11.2 Å². The predicted octanol–water partition coefficient (Wildman–Crippen LogP) is 2.84. The van der Waals surface area contributed by atoms with Crippen LogP contribution in [0.2, 0.25) is 0 Å². The van der Waals surface area contributed by atoms with Gasteiger partial charge in [-0.2, -0.15) is 0 Å². The van der Waals surface area contributed by atoms with Gasteiger partial charge in [-0.25, -0.2) is 0 Å². The van der Waals surface area contributed by atoms with Crippen LogP contribution >= 0.6 is 0 Å². The fourth-order valence-electron chi connectivity index (χ4n) is 2.38. The number of fused-ring (bicyclic) bond motifs is 1. The molecule has 2 N–H and O–H groups in total. The largest absolute Gasteiger partial charge is 0.385 e. The van der Waals surface area contributed by atoms with E-state index in [1.165, 1.54) is 5.56 Å². The lowest BCUT2D eigenvalue weighted by Crippen LogP contribution is -2.27. The quantitative estimate of drug-likeness (QED) is 0.759. The Kier molecular flexibility index (Phi) is 6.05. The second-order valence-corrected chi connectivity index (χ2v) is 5.95. The lowest BCUT2D eigenvalue weighted by Gasteiger charge is -2.18. The van der Waals surface area contributed by atoms with Gasteiger partial charge in [-0.3, -0.25) is 4.79 Å². The van der Waals surface area contributed by atoms with Crippen LogP contribution in [0.5, 0.6) is 0 Å². The van der Waals surface area contributed by atoms with Gasteiger partial charge in [0.05, 0.1) is 6.61 Å². The zero-order valence-electron chi connectivity index (χ0n) is 13.1. The Morgan fingerprint density at radius 2 is 2.24 bits per heavy atom. The summed E-state index contributed by atoms with van der Waals surface area (Å²) in [5.41, 5.74) is 3.14. The zero-order chi connectivity index (χ0) is 15.1. The Hall–Kier alpha value is -1.55. The number of hydrogen-bond acceptors (Lipinski definition) is 3. The molecule has 2 rings (SSSR count). The Morgan fingerprint density at radius 3 is 3.05 bits per heavy atom. The molecule has 116 valence electrons. The minimum Gasteiger partial charge on any atom is -0.385 e. The number of nitrogens with one attached hydrogen (secondary N) is 2. The monoisotopic (exact) mass is 290 g/mol. The molecule has 0 spiro atoms. The summed E-state index contributed by atoms with van der Waals surface area (Å²) in [6.07, 6.45) is 3.23. The molecule has 1 heterocycles. The summed E-state index contributed by atoms with van der Waals surface area (Å²) in [6.45, 7) is 7.27. The molecule has 0 atom stereocenters. The molecule has 0 bridgehead atoms. The minimum atomic E-state index is -0.0177. The molecule has 0 unspecified atom stereocenters. The summed E-state index contributed by atoms with van der Waals surface area (Å²) in [7, 11) is 0. The Morgan fingerprint density at radius 1 is 1.38 bits per heavy atom. The van der Waals surface area contributed by atoms with Gasteiger partial charge >= 0.3 is 0 Å². The van der Waals surface area contributed by atoms with E-state index >= 15 is 0 Å². The van der Waals surface area contributed by atoms with Crippen LogP contribution in [0.1, 0.15) is 42.6 Å². The minimum absolute atomic E-state index is 0.0177. The maximum Gasteiger partial charge on any atom is 0.251 e. The van der Waals surface area contributed by atoms with Gasteiger partial charge in [-0.05, 0) is 48.9 Å². The highest BCUT2D eigenvalue weighted by atomic mass is 16.5. The first-order chi connectivity index (χ1) is 10.2. The van der Waals surface area contributed by atoms with E-state index in [0.29, 0.717) is 19.1 Å². The average molecular weight is 290 g/mol. The molecule has 1 amide bonds. The van der Waals surface area contributed by atoms with Gasteiger partial charge in [0.2, 0.25) is 0 Å². The molecule has 4 heteroatoms. The van der Waals surface area contributed by atoms with E-state index in [1.54, 1.807) is 0 Å². The number of carbonyl (C=O) groups excluding carboxylic acids is 1. The van der Waals surface area contributed by atoms with Gasteiger partial charge in [0.1, 0.15) is 0 Å². The summed E-state index contributed by atoms with van der Waals surface area (Å²) >= 11 is 0. The molecule has 0 radical (unpaired) electrons. The fourth-order valence-corrected chi connectivity index (χ4v) is 2.38. The fraction of sp³-hybridized carbons (Fsp3) is 0.588. The number of ether oxygens (including phenoxy) is 1. The van der Waals surface area contributed by atoms with Crippen molar-refractivity contribution in [3.8, 4) is 0 Å². The van der Waals surface area contributed by atoms with E-state index in [4.69, 9.17) is 4.74 Å². The van der Waals surface area contributed by atoms with Crippen molar-refractivity contribution in [1.82, 2.24) is 5.32 Å². The predicted molar refractivity (Wildman–Crippen MR) is 85.9 cm³/mol. The Balaban J connectivity index is 1.73. The van der Waals surface area contributed by atoms with Crippen LogP contribution in [0.15, 0.2) is 18.2 Å². The molecule has 1 aliphatic rings. The normalized spacial score (nSPS) is 13.7. The second-order valence-electron chi connectivity index (χ2n) is 5.95. The molecule has 0 saturated carbocycles. The van der Waals surface area contributed by atoms with Crippen molar-refractivity contribution in [2.45, 2.75) is 33.1 Å². The summed E-state index contributed by atoms with van der Waals surface area (Å²) in [6, 6.07) is 5.88. The molecule has 1 aromatic carbocycles. The average Bonchev–Trinajstić information content (AvgIpc) is 2.49. The van der Waals surface area contributed by atoms with E-state index in [-0.39, 0.29) is 5.91 Å². The highest BCUT2D eigenvalue weighted by Gasteiger charge is 2.12. The van der Waals surface area contributed by atoms with Crippen LogP contribution in [0.25, 0.3) is 0 Å². The van der Waals surface area contributed by atoms with Gasteiger partial charge in [-0.1, -0.05) is 13.8 Å². The van der Waals surface area contributed by atoms with Crippen molar-refractivity contribution in [2.75, 3.05) is 31.6 Å². The van der Waals surface area contributed by atoms with Crippen LogP contribution in [0.4, 0.5) is 5.69 Å². The number of benzene rings is 1. The molecule has 21 heavy (non-hydrogen) atoms. The maximum atomic E-state index is 12.1. The van der Waals surface area contributed by atoms with Crippen molar-refractivity contribution >= 4 is 11.6 Å². The van der Waals surface area contributed by atoms with E-state index < -0.39 is 0 Å². The van der Waals surface area contributed by atoms with Crippen molar-refractivity contribution in [1.29, 1.82) is 0 Å². The number of amides is 1. The van der Waals surface area contributed by atoms with Crippen LogP contribution in [-0.4, -0.2) is 32.2 Å². The lowest BCUT2D eigenvalue weighted by atomic mass is 10.0. The number of aryl methyl sites for hydroxylation is 1. The Labute approximate surface area is 127 Å². The lowest BCUT2D eigenvalue weighted by molar-refractivity contribution is 0.0905. The standard InChI is InChI=1S/C17H26N2O2/c1-13(2)7-10-21-11-9-19-17(20)15-5-6-16-14(12-15)4-3-8-18-16/h5-6,12-13,18H,3-4,7-11H2,1-2H3,(H,19,20). The molecule has 1 aromatic rings. The summed E-state index contributed by atoms with van der Waals surface area (Å²) in [5.74, 6) is 0.638.